The standard InChI is InChI=1S/C10H7N3S/c1-2-4-8-7(3-1)10(13-12-8)9-5-14-6-11-9/h1-6H,(H,12,13). The predicted molar refractivity (Wildman–Crippen MR) is 57.2 cm³/mol. The number of H-pyrrole nitrogens is 1. The van der Waals surface area contributed by atoms with Crippen LogP contribution in [0.5, 0.6) is 0 Å². The van der Waals surface area contributed by atoms with Crippen molar-refractivity contribution in [3.63, 3.8) is 0 Å². The van der Waals surface area contributed by atoms with Crippen LogP contribution in [-0.2, 0) is 0 Å². The summed E-state index contributed by atoms with van der Waals surface area (Å²) in [5, 5.41) is 10.4. The van der Waals surface area contributed by atoms with Crippen molar-refractivity contribution < 1.29 is 0 Å². The largest absolute Gasteiger partial charge is 0.277 e. The van der Waals surface area contributed by atoms with Crippen LogP contribution in [0.25, 0.3) is 22.3 Å². The van der Waals surface area contributed by atoms with Gasteiger partial charge in [-0.05, 0) is 6.07 Å². The van der Waals surface area contributed by atoms with Crippen molar-refractivity contribution in [1.29, 1.82) is 0 Å². The molecule has 0 unspecified atom stereocenters. The molecule has 0 spiro atoms. The molecule has 4 heteroatoms. The number of fused-ring (bicyclic) bond motifs is 1. The zero-order valence-electron chi connectivity index (χ0n) is 7.27. The number of nitrogens with zero attached hydrogens (tertiary/aromatic N) is 2. The second-order valence-corrected chi connectivity index (χ2v) is 3.71. The van der Waals surface area contributed by atoms with Crippen LogP contribution in [0.3, 0.4) is 0 Å². The van der Waals surface area contributed by atoms with Crippen LogP contribution in [-0.4, -0.2) is 15.2 Å². The first-order valence-electron chi connectivity index (χ1n) is 4.27. The minimum absolute atomic E-state index is 0.932. The summed E-state index contributed by atoms with van der Waals surface area (Å²) in [4.78, 5) is 4.24. The smallest absolute Gasteiger partial charge is 0.119 e. The monoisotopic (exact) mass is 201 g/mol. The number of hydrogen-bond donors (Lipinski definition) is 1. The Hall–Kier alpha value is -1.68. The third-order valence-corrected chi connectivity index (χ3v) is 2.73. The molecule has 2 heterocycles. The van der Waals surface area contributed by atoms with E-state index < -0.39 is 0 Å². The highest BCUT2D eigenvalue weighted by Gasteiger charge is 2.07. The van der Waals surface area contributed by atoms with Gasteiger partial charge in [0.25, 0.3) is 0 Å². The maximum atomic E-state index is 4.26. The molecular weight excluding hydrogens is 194 g/mol. The molecule has 3 aromatic rings. The Kier molecular flexibility index (Phi) is 1.61. The normalized spacial score (nSPS) is 10.9. The van der Waals surface area contributed by atoms with Crippen molar-refractivity contribution in [2.45, 2.75) is 0 Å². The molecule has 0 bridgehead atoms. The van der Waals surface area contributed by atoms with E-state index in [1.165, 1.54) is 0 Å². The molecule has 1 aromatic carbocycles. The molecule has 0 radical (unpaired) electrons. The second-order valence-electron chi connectivity index (χ2n) is 2.99. The molecule has 14 heavy (non-hydrogen) atoms. The molecule has 2 aromatic heterocycles. The first-order valence-corrected chi connectivity index (χ1v) is 5.21. The molecule has 0 aliphatic rings. The number of aromatic nitrogens is 3. The first kappa shape index (κ1) is 7.70. The summed E-state index contributed by atoms with van der Waals surface area (Å²) in [5.41, 5.74) is 4.74. The maximum Gasteiger partial charge on any atom is 0.119 e. The van der Waals surface area contributed by atoms with E-state index in [2.05, 4.69) is 15.2 Å². The number of hydrogen-bond acceptors (Lipinski definition) is 3. The van der Waals surface area contributed by atoms with Gasteiger partial charge in [-0.15, -0.1) is 11.3 Å². The number of aromatic amines is 1. The topological polar surface area (TPSA) is 41.6 Å². The minimum Gasteiger partial charge on any atom is -0.277 e. The van der Waals surface area contributed by atoms with Crippen molar-refractivity contribution in [3.8, 4) is 11.4 Å². The Labute approximate surface area is 84.4 Å². The van der Waals surface area contributed by atoms with Crippen LogP contribution < -0.4 is 0 Å². The minimum atomic E-state index is 0.932. The van der Waals surface area contributed by atoms with Crippen LogP contribution >= 0.6 is 11.3 Å². The quantitative estimate of drug-likeness (QED) is 0.657. The predicted octanol–water partition coefficient (Wildman–Crippen LogP) is 2.69. The lowest BCUT2D eigenvalue weighted by atomic mass is 10.2. The van der Waals surface area contributed by atoms with Crippen LogP contribution in [0.4, 0.5) is 0 Å². The fourth-order valence-corrected chi connectivity index (χ4v) is 2.02. The zero-order valence-corrected chi connectivity index (χ0v) is 8.08. The van der Waals surface area contributed by atoms with Crippen LogP contribution in [0.2, 0.25) is 0 Å². The summed E-state index contributed by atoms with van der Waals surface area (Å²) in [6.45, 7) is 0. The third-order valence-electron chi connectivity index (χ3n) is 2.15. The van der Waals surface area contributed by atoms with E-state index in [1.807, 2.05) is 35.2 Å². The van der Waals surface area contributed by atoms with Crippen molar-refractivity contribution >= 4 is 22.2 Å². The summed E-state index contributed by atoms with van der Waals surface area (Å²) in [5.74, 6) is 0. The maximum absolute atomic E-state index is 4.26. The molecule has 0 atom stereocenters. The van der Waals surface area contributed by atoms with Gasteiger partial charge in [0.05, 0.1) is 11.0 Å². The van der Waals surface area contributed by atoms with E-state index in [0.29, 0.717) is 0 Å². The summed E-state index contributed by atoms with van der Waals surface area (Å²) < 4.78 is 0. The first-order chi connectivity index (χ1) is 6.95. The van der Waals surface area contributed by atoms with Gasteiger partial charge in [0, 0.05) is 10.8 Å². The zero-order chi connectivity index (χ0) is 9.38. The molecule has 0 saturated carbocycles. The summed E-state index contributed by atoms with van der Waals surface area (Å²) in [6.07, 6.45) is 0. The number of para-hydroxylation sites is 1. The lowest BCUT2D eigenvalue weighted by molar-refractivity contribution is 1.12. The second kappa shape index (κ2) is 2.92. The molecule has 0 aliphatic carbocycles. The van der Waals surface area contributed by atoms with Gasteiger partial charge in [0.1, 0.15) is 11.4 Å². The van der Waals surface area contributed by atoms with E-state index in [1.54, 1.807) is 11.3 Å². The molecule has 0 saturated heterocycles. The molecule has 0 fully saturated rings. The lowest BCUT2D eigenvalue weighted by Crippen LogP contribution is -1.76. The van der Waals surface area contributed by atoms with Gasteiger partial charge in [-0.2, -0.15) is 5.10 Å². The van der Waals surface area contributed by atoms with E-state index in [9.17, 15) is 0 Å². The number of rotatable bonds is 1. The van der Waals surface area contributed by atoms with Crippen LogP contribution in [0, 0.1) is 0 Å². The van der Waals surface area contributed by atoms with Gasteiger partial charge in [-0.1, -0.05) is 18.2 Å². The molecule has 0 amide bonds. The van der Waals surface area contributed by atoms with Gasteiger partial charge in [-0.3, -0.25) is 5.10 Å². The fraction of sp³-hybridized carbons (Fsp3) is 0. The molecular formula is C10H7N3S. The van der Waals surface area contributed by atoms with Gasteiger partial charge in [0.2, 0.25) is 0 Å². The SMILES string of the molecule is c1ccc2c(-c3cscn3)n[nH]c2c1. The van der Waals surface area contributed by atoms with Crippen LogP contribution in [0.1, 0.15) is 0 Å². The Morgan fingerprint density at radius 2 is 2.14 bits per heavy atom. The van der Waals surface area contributed by atoms with Crippen molar-refractivity contribution in [1.82, 2.24) is 15.2 Å². The number of benzene rings is 1. The van der Waals surface area contributed by atoms with Gasteiger partial charge >= 0.3 is 0 Å². The van der Waals surface area contributed by atoms with E-state index in [4.69, 9.17) is 0 Å². The Morgan fingerprint density at radius 1 is 1.21 bits per heavy atom. The Morgan fingerprint density at radius 3 is 3.00 bits per heavy atom. The van der Waals surface area contributed by atoms with Crippen LogP contribution in [0.15, 0.2) is 35.2 Å². The van der Waals surface area contributed by atoms with Crippen molar-refractivity contribution in [3.05, 3.63) is 35.2 Å². The van der Waals surface area contributed by atoms with E-state index in [-0.39, 0.29) is 0 Å². The van der Waals surface area contributed by atoms with Crippen molar-refractivity contribution in [2.75, 3.05) is 0 Å². The van der Waals surface area contributed by atoms with Crippen molar-refractivity contribution in [2.24, 2.45) is 0 Å². The highest BCUT2D eigenvalue weighted by molar-refractivity contribution is 7.07. The Balaban J connectivity index is 2.33. The van der Waals surface area contributed by atoms with E-state index >= 15 is 0 Å². The highest BCUT2D eigenvalue weighted by atomic mass is 32.1. The molecule has 68 valence electrons. The fourth-order valence-electron chi connectivity index (χ4n) is 1.49. The van der Waals surface area contributed by atoms with E-state index in [0.717, 1.165) is 22.3 Å². The number of nitrogens with one attached hydrogen (secondary N) is 1. The average Bonchev–Trinajstić information content (AvgIpc) is 2.85. The van der Waals surface area contributed by atoms with Gasteiger partial charge in [-0.25, -0.2) is 4.98 Å². The Bertz CT molecular complexity index is 554. The molecule has 3 rings (SSSR count). The molecule has 3 nitrogen and oxygen atoms in total. The molecule has 0 aliphatic heterocycles. The van der Waals surface area contributed by atoms with Gasteiger partial charge < -0.3 is 0 Å². The molecule has 1 N–H and O–H groups in total. The summed E-state index contributed by atoms with van der Waals surface area (Å²) >= 11 is 1.58. The average molecular weight is 201 g/mol. The highest BCUT2D eigenvalue weighted by Crippen LogP contribution is 2.25. The third kappa shape index (κ3) is 1.04. The lowest BCUT2D eigenvalue weighted by Gasteiger charge is -1.90. The summed E-state index contributed by atoms with van der Waals surface area (Å²) in [7, 11) is 0. The van der Waals surface area contributed by atoms with Gasteiger partial charge in [0.15, 0.2) is 0 Å². The summed E-state index contributed by atoms with van der Waals surface area (Å²) in [6, 6.07) is 8.06. The number of thiazole rings is 1.